The van der Waals surface area contributed by atoms with Crippen molar-refractivity contribution in [3.05, 3.63) is 39.3 Å². The van der Waals surface area contributed by atoms with Gasteiger partial charge in [-0.15, -0.1) is 10.2 Å². The zero-order chi connectivity index (χ0) is 15.5. The van der Waals surface area contributed by atoms with E-state index < -0.39 is 0 Å². The highest BCUT2D eigenvalue weighted by molar-refractivity contribution is 9.10. The van der Waals surface area contributed by atoms with Gasteiger partial charge in [-0.25, -0.2) is 0 Å². The first-order valence-corrected chi connectivity index (χ1v) is 8.65. The largest absolute Gasteiger partial charge is 0.301 e. The molecule has 1 heterocycles. The van der Waals surface area contributed by atoms with Crippen LogP contribution in [0.25, 0.3) is 0 Å². The maximum Gasteiger partial charge on any atom is 0.226 e. The summed E-state index contributed by atoms with van der Waals surface area (Å²) >= 11 is 4.74. The summed E-state index contributed by atoms with van der Waals surface area (Å²) in [6.07, 6.45) is 2.64. The molecule has 5 nitrogen and oxygen atoms in total. The molecular weight excluding hydrogens is 366 g/mol. The highest BCUT2D eigenvalue weighted by Crippen LogP contribution is 2.42. The monoisotopic (exact) mass is 379 g/mol. The standard InChI is InChI=1S/C15H14BrN3O2S/c16-11-5-3-9(4-6-11)12(20)7-8-13(21)17-15-19-18-14(22-15)10-1-2-10/h3-6,10H,1-2,7-8H2,(H,17,19,21). The maximum atomic E-state index is 12.0. The summed E-state index contributed by atoms with van der Waals surface area (Å²) in [5.74, 6) is 0.282. The van der Waals surface area contributed by atoms with E-state index in [0.717, 1.165) is 22.3 Å². The molecule has 0 radical (unpaired) electrons. The van der Waals surface area contributed by atoms with Crippen LogP contribution in [0.15, 0.2) is 28.7 Å². The first kappa shape index (κ1) is 15.3. The van der Waals surface area contributed by atoms with Crippen LogP contribution in [-0.4, -0.2) is 21.9 Å². The number of anilines is 1. The van der Waals surface area contributed by atoms with Crippen LogP contribution < -0.4 is 5.32 Å². The number of carbonyl (C=O) groups is 2. The Morgan fingerprint density at radius 2 is 1.91 bits per heavy atom. The van der Waals surface area contributed by atoms with Crippen LogP contribution in [0, 0.1) is 0 Å². The van der Waals surface area contributed by atoms with Gasteiger partial charge in [0.15, 0.2) is 5.78 Å². The van der Waals surface area contributed by atoms with Gasteiger partial charge in [0.25, 0.3) is 0 Å². The molecule has 1 amide bonds. The molecule has 0 spiro atoms. The van der Waals surface area contributed by atoms with Crippen molar-refractivity contribution in [1.82, 2.24) is 10.2 Å². The number of hydrogen-bond donors (Lipinski definition) is 1. The van der Waals surface area contributed by atoms with Gasteiger partial charge in [0.2, 0.25) is 11.0 Å². The normalized spacial score (nSPS) is 13.9. The quantitative estimate of drug-likeness (QED) is 0.775. The molecule has 0 bridgehead atoms. The highest BCUT2D eigenvalue weighted by Gasteiger charge is 2.27. The molecule has 0 saturated heterocycles. The van der Waals surface area contributed by atoms with Gasteiger partial charge in [0, 0.05) is 28.8 Å². The number of rotatable bonds is 6. The summed E-state index contributed by atoms with van der Waals surface area (Å²) in [6, 6.07) is 7.12. The molecule has 3 rings (SSSR count). The van der Waals surface area contributed by atoms with E-state index in [2.05, 4.69) is 31.4 Å². The van der Waals surface area contributed by atoms with Gasteiger partial charge in [-0.05, 0) is 25.0 Å². The van der Waals surface area contributed by atoms with E-state index in [-0.39, 0.29) is 24.5 Å². The molecule has 1 aromatic heterocycles. The van der Waals surface area contributed by atoms with Crippen molar-refractivity contribution in [3.63, 3.8) is 0 Å². The second-order valence-corrected chi connectivity index (χ2v) is 7.12. The molecule has 1 N–H and O–H groups in total. The fraction of sp³-hybridized carbons (Fsp3) is 0.333. The summed E-state index contributed by atoms with van der Waals surface area (Å²) in [7, 11) is 0. The van der Waals surface area contributed by atoms with Crippen LogP contribution in [0.4, 0.5) is 5.13 Å². The van der Waals surface area contributed by atoms with Gasteiger partial charge in [-0.2, -0.15) is 0 Å². The van der Waals surface area contributed by atoms with E-state index in [1.54, 1.807) is 12.1 Å². The SMILES string of the molecule is O=C(CCC(=O)c1ccc(Br)cc1)Nc1nnc(C2CC2)s1. The van der Waals surface area contributed by atoms with Crippen LogP contribution in [0.2, 0.25) is 0 Å². The number of nitrogens with one attached hydrogen (secondary N) is 1. The van der Waals surface area contributed by atoms with Gasteiger partial charge in [-0.3, -0.25) is 9.59 Å². The minimum atomic E-state index is -0.205. The number of halogens is 1. The average Bonchev–Trinajstić information content (AvgIpc) is 3.26. The lowest BCUT2D eigenvalue weighted by atomic mass is 10.1. The van der Waals surface area contributed by atoms with E-state index >= 15 is 0 Å². The van der Waals surface area contributed by atoms with Crippen LogP contribution >= 0.6 is 27.3 Å². The van der Waals surface area contributed by atoms with Crippen LogP contribution in [-0.2, 0) is 4.79 Å². The lowest BCUT2D eigenvalue weighted by Gasteiger charge is -2.02. The molecule has 2 aromatic rings. The highest BCUT2D eigenvalue weighted by atomic mass is 79.9. The molecule has 0 aliphatic heterocycles. The molecule has 114 valence electrons. The minimum absolute atomic E-state index is 0.0430. The van der Waals surface area contributed by atoms with Crippen molar-refractivity contribution in [2.24, 2.45) is 0 Å². The third-order valence-corrected chi connectivity index (χ3v) is 4.89. The summed E-state index contributed by atoms with van der Waals surface area (Å²) in [4.78, 5) is 23.9. The minimum Gasteiger partial charge on any atom is -0.301 e. The Labute approximate surface area is 140 Å². The van der Waals surface area contributed by atoms with E-state index in [0.29, 0.717) is 16.6 Å². The smallest absolute Gasteiger partial charge is 0.226 e. The number of amides is 1. The summed E-state index contributed by atoms with van der Waals surface area (Å²) in [5.41, 5.74) is 0.614. The van der Waals surface area contributed by atoms with Crippen molar-refractivity contribution in [3.8, 4) is 0 Å². The van der Waals surface area contributed by atoms with E-state index in [1.165, 1.54) is 11.3 Å². The van der Waals surface area contributed by atoms with Gasteiger partial charge in [-0.1, -0.05) is 39.4 Å². The lowest BCUT2D eigenvalue weighted by molar-refractivity contribution is -0.116. The van der Waals surface area contributed by atoms with Gasteiger partial charge in [0.05, 0.1) is 0 Å². The molecule has 0 unspecified atom stereocenters. The summed E-state index contributed by atoms with van der Waals surface area (Å²) < 4.78 is 0.921. The van der Waals surface area contributed by atoms with E-state index in [9.17, 15) is 9.59 Å². The number of aromatic nitrogens is 2. The fourth-order valence-corrected chi connectivity index (χ4v) is 3.16. The zero-order valence-corrected chi connectivity index (χ0v) is 14.1. The first-order chi connectivity index (χ1) is 10.6. The van der Waals surface area contributed by atoms with Crippen molar-refractivity contribution >= 4 is 44.1 Å². The maximum absolute atomic E-state index is 12.0. The number of hydrogen-bond acceptors (Lipinski definition) is 5. The molecule has 1 aromatic carbocycles. The molecule has 1 saturated carbocycles. The molecule has 1 aliphatic rings. The number of Topliss-reactive ketones (excluding diaryl/α,β-unsaturated/α-hetero) is 1. The second-order valence-electron chi connectivity index (χ2n) is 5.20. The van der Waals surface area contributed by atoms with Gasteiger partial charge < -0.3 is 5.32 Å². The van der Waals surface area contributed by atoms with Gasteiger partial charge in [0.1, 0.15) is 5.01 Å². The zero-order valence-electron chi connectivity index (χ0n) is 11.7. The number of benzene rings is 1. The Bertz CT molecular complexity index is 695. The Morgan fingerprint density at radius 3 is 2.59 bits per heavy atom. The Hall–Kier alpha value is -1.60. The third-order valence-electron chi connectivity index (χ3n) is 3.36. The average molecular weight is 380 g/mol. The molecule has 1 fully saturated rings. The third kappa shape index (κ3) is 3.98. The van der Waals surface area contributed by atoms with E-state index in [1.807, 2.05) is 12.1 Å². The first-order valence-electron chi connectivity index (χ1n) is 7.04. The molecular formula is C15H14BrN3O2S. The van der Waals surface area contributed by atoms with Crippen LogP contribution in [0.3, 0.4) is 0 Å². The second kappa shape index (κ2) is 6.66. The summed E-state index contributed by atoms with van der Waals surface area (Å²) in [5, 5.41) is 12.2. The lowest BCUT2D eigenvalue weighted by Crippen LogP contribution is -2.13. The number of carbonyl (C=O) groups excluding carboxylic acids is 2. The van der Waals surface area contributed by atoms with Crippen molar-refractivity contribution in [2.75, 3.05) is 5.32 Å². The molecule has 22 heavy (non-hydrogen) atoms. The number of nitrogens with zero attached hydrogens (tertiary/aromatic N) is 2. The van der Waals surface area contributed by atoms with Crippen molar-refractivity contribution in [2.45, 2.75) is 31.6 Å². The summed E-state index contributed by atoms with van der Waals surface area (Å²) in [6.45, 7) is 0. The Kier molecular flexibility index (Phi) is 4.63. The predicted molar refractivity (Wildman–Crippen MR) is 88.2 cm³/mol. The van der Waals surface area contributed by atoms with Crippen molar-refractivity contribution < 1.29 is 9.59 Å². The molecule has 7 heteroatoms. The Morgan fingerprint density at radius 1 is 1.18 bits per heavy atom. The predicted octanol–water partition coefficient (Wildman–Crippen LogP) is 3.78. The number of ketones is 1. The molecule has 0 atom stereocenters. The Balaban J connectivity index is 1.48. The van der Waals surface area contributed by atoms with E-state index in [4.69, 9.17) is 0 Å². The van der Waals surface area contributed by atoms with Gasteiger partial charge >= 0.3 is 0 Å². The topological polar surface area (TPSA) is 72.0 Å². The van der Waals surface area contributed by atoms with Crippen LogP contribution in [0.1, 0.15) is 47.0 Å². The fourth-order valence-electron chi connectivity index (χ4n) is 1.97. The van der Waals surface area contributed by atoms with Crippen LogP contribution in [0.5, 0.6) is 0 Å². The van der Waals surface area contributed by atoms with Crippen molar-refractivity contribution in [1.29, 1.82) is 0 Å². The molecule has 1 aliphatic carbocycles.